The van der Waals surface area contributed by atoms with Crippen molar-refractivity contribution >= 4 is 28.6 Å². The molecule has 0 amide bonds. The third-order valence-corrected chi connectivity index (χ3v) is 3.75. The van der Waals surface area contributed by atoms with Crippen molar-refractivity contribution in [2.45, 2.75) is 4.90 Å². The molecule has 0 aliphatic heterocycles. The molecule has 106 valence electrons. The molecule has 6 heteroatoms. The summed E-state index contributed by atoms with van der Waals surface area (Å²) in [6, 6.07) is 15.5. The van der Waals surface area contributed by atoms with E-state index in [0.717, 1.165) is 21.5 Å². The van der Waals surface area contributed by atoms with Crippen LogP contribution in [0.3, 0.4) is 0 Å². The second-order valence-corrected chi connectivity index (χ2v) is 5.11. The first-order chi connectivity index (χ1) is 10.3. The normalized spacial score (nSPS) is 10.6. The van der Waals surface area contributed by atoms with Crippen LogP contribution >= 0.6 is 11.8 Å². The number of nitrogens with one attached hydrogen (secondary N) is 1. The van der Waals surface area contributed by atoms with Gasteiger partial charge < -0.3 is 4.74 Å². The van der Waals surface area contributed by atoms with Crippen LogP contribution in [0.15, 0.2) is 53.4 Å². The van der Waals surface area contributed by atoms with Gasteiger partial charge in [-0.2, -0.15) is 4.98 Å². The number of nitrogens with zero attached hydrogens (tertiary/aromatic N) is 2. The highest BCUT2D eigenvalue weighted by Gasteiger charge is 2.11. The van der Waals surface area contributed by atoms with E-state index in [0.29, 0.717) is 11.8 Å². The average Bonchev–Trinajstić information content (AvgIpc) is 2.55. The van der Waals surface area contributed by atoms with E-state index < -0.39 is 0 Å². The van der Waals surface area contributed by atoms with E-state index in [2.05, 4.69) is 15.4 Å². The maximum atomic E-state index is 5.99. The van der Waals surface area contributed by atoms with Gasteiger partial charge in [0.2, 0.25) is 11.8 Å². The maximum Gasteiger partial charge on any atom is 0.241 e. The molecular weight excluding hydrogens is 284 g/mol. The molecule has 0 bridgehead atoms. The van der Waals surface area contributed by atoms with Gasteiger partial charge in [-0.25, -0.2) is 10.8 Å². The number of ether oxygens (including phenoxy) is 1. The first kappa shape index (κ1) is 13.7. The first-order valence-corrected chi connectivity index (χ1v) is 7.58. The van der Waals surface area contributed by atoms with E-state index in [9.17, 15) is 0 Å². The van der Waals surface area contributed by atoms with Crippen molar-refractivity contribution in [1.29, 1.82) is 0 Å². The zero-order valence-electron chi connectivity index (χ0n) is 11.4. The van der Waals surface area contributed by atoms with Gasteiger partial charge in [-0.1, -0.05) is 24.3 Å². The molecule has 0 fully saturated rings. The van der Waals surface area contributed by atoms with Crippen LogP contribution in [-0.4, -0.2) is 16.2 Å². The van der Waals surface area contributed by atoms with Gasteiger partial charge in [0, 0.05) is 4.90 Å². The molecule has 0 aliphatic rings. The molecule has 0 saturated heterocycles. The summed E-state index contributed by atoms with van der Waals surface area (Å²) in [5, 5.41) is 0.840. The van der Waals surface area contributed by atoms with Crippen molar-refractivity contribution in [3.8, 4) is 11.6 Å². The summed E-state index contributed by atoms with van der Waals surface area (Å²) in [7, 11) is 0. The van der Waals surface area contributed by atoms with Crippen LogP contribution < -0.4 is 16.0 Å². The lowest BCUT2D eigenvalue weighted by Crippen LogP contribution is -2.11. The van der Waals surface area contributed by atoms with E-state index >= 15 is 0 Å². The van der Waals surface area contributed by atoms with E-state index in [1.54, 1.807) is 11.8 Å². The Hall–Kier alpha value is -2.31. The Bertz CT molecular complexity index is 778. The molecule has 3 aromatic rings. The van der Waals surface area contributed by atoms with Gasteiger partial charge in [0.15, 0.2) is 0 Å². The largest absolute Gasteiger partial charge is 0.437 e. The summed E-state index contributed by atoms with van der Waals surface area (Å²) in [6.07, 6.45) is 2.01. The van der Waals surface area contributed by atoms with Crippen LogP contribution in [0.2, 0.25) is 0 Å². The minimum atomic E-state index is 0.324. The van der Waals surface area contributed by atoms with Crippen LogP contribution in [0.1, 0.15) is 0 Å². The Labute approximate surface area is 126 Å². The fourth-order valence-corrected chi connectivity index (χ4v) is 2.52. The van der Waals surface area contributed by atoms with E-state index in [1.807, 2.05) is 54.8 Å². The quantitative estimate of drug-likeness (QED) is 0.437. The van der Waals surface area contributed by atoms with Crippen molar-refractivity contribution in [1.82, 2.24) is 9.97 Å². The van der Waals surface area contributed by atoms with Gasteiger partial charge in [0.05, 0.1) is 10.9 Å². The Morgan fingerprint density at radius 2 is 1.81 bits per heavy atom. The molecule has 0 aliphatic carbocycles. The fraction of sp³-hybridized carbons (Fsp3) is 0.0667. The standard InChI is InChI=1S/C15H14N4OS/c1-21-13-9-5-4-8-12(13)20-14-10-6-2-3-7-11(10)17-15(18-14)19-16/h2-9H,16H2,1H3,(H,17,18,19). The number of nitrogens with two attached hydrogens (primary N) is 1. The summed E-state index contributed by atoms with van der Waals surface area (Å²) >= 11 is 1.62. The number of nitrogen functional groups attached to an aromatic ring is 1. The predicted octanol–water partition coefficient (Wildman–Crippen LogP) is 3.43. The second kappa shape index (κ2) is 5.99. The zero-order valence-corrected chi connectivity index (χ0v) is 12.2. The molecule has 5 nitrogen and oxygen atoms in total. The highest BCUT2D eigenvalue weighted by molar-refractivity contribution is 7.98. The Balaban J connectivity index is 2.11. The number of aromatic nitrogens is 2. The molecular formula is C15H14N4OS. The molecule has 21 heavy (non-hydrogen) atoms. The number of fused-ring (bicyclic) bond motifs is 1. The van der Waals surface area contributed by atoms with Crippen molar-refractivity contribution < 1.29 is 4.74 Å². The summed E-state index contributed by atoms with van der Waals surface area (Å²) < 4.78 is 5.99. The second-order valence-electron chi connectivity index (χ2n) is 4.27. The monoisotopic (exact) mass is 298 g/mol. The third-order valence-electron chi connectivity index (χ3n) is 2.97. The number of thioether (sulfide) groups is 1. The Morgan fingerprint density at radius 3 is 2.62 bits per heavy atom. The molecule has 1 heterocycles. The Kier molecular flexibility index (Phi) is 3.89. The maximum absolute atomic E-state index is 5.99. The van der Waals surface area contributed by atoms with Gasteiger partial charge >= 0.3 is 0 Å². The molecule has 3 rings (SSSR count). The first-order valence-electron chi connectivity index (χ1n) is 6.36. The number of benzene rings is 2. The van der Waals surface area contributed by atoms with Gasteiger partial charge in [-0.05, 0) is 30.5 Å². The zero-order chi connectivity index (χ0) is 14.7. The van der Waals surface area contributed by atoms with Gasteiger partial charge in [0.1, 0.15) is 5.75 Å². The van der Waals surface area contributed by atoms with E-state index in [4.69, 9.17) is 10.6 Å². The van der Waals surface area contributed by atoms with Crippen LogP contribution in [0.25, 0.3) is 10.9 Å². The smallest absolute Gasteiger partial charge is 0.241 e. The molecule has 0 radical (unpaired) electrons. The summed E-state index contributed by atoms with van der Waals surface area (Å²) in [4.78, 5) is 9.66. The molecule has 0 spiro atoms. The van der Waals surface area contributed by atoms with Crippen LogP contribution in [0.5, 0.6) is 11.6 Å². The summed E-state index contributed by atoms with van der Waals surface area (Å²) in [5.74, 6) is 6.99. The SMILES string of the molecule is CSc1ccccc1Oc1nc(NN)nc2ccccc12. The number of anilines is 1. The fourth-order valence-electron chi connectivity index (χ4n) is 2.00. The van der Waals surface area contributed by atoms with Gasteiger partial charge in [-0.3, -0.25) is 5.43 Å². The lowest BCUT2D eigenvalue weighted by molar-refractivity contribution is 0.458. The average molecular weight is 298 g/mol. The number of para-hydroxylation sites is 2. The summed E-state index contributed by atoms with van der Waals surface area (Å²) in [6.45, 7) is 0. The van der Waals surface area contributed by atoms with E-state index in [1.165, 1.54) is 0 Å². The molecule has 2 aromatic carbocycles. The summed E-state index contributed by atoms with van der Waals surface area (Å²) in [5.41, 5.74) is 3.24. The van der Waals surface area contributed by atoms with Crippen molar-refractivity contribution in [2.75, 3.05) is 11.7 Å². The van der Waals surface area contributed by atoms with E-state index in [-0.39, 0.29) is 0 Å². The molecule has 0 unspecified atom stereocenters. The van der Waals surface area contributed by atoms with Gasteiger partial charge in [-0.15, -0.1) is 11.8 Å². The van der Waals surface area contributed by atoms with Crippen LogP contribution in [0, 0.1) is 0 Å². The topological polar surface area (TPSA) is 73.1 Å². The molecule has 0 saturated carbocycles. The Morgan fingerprint density at radius 1 is 1.05 bits per heavy atom. The van der Waals surface area contributed by atoms with Crippen LogP contribution in [0.4, 0.5) is 5.95 Å². The molecule has 1 aromatic heterocycles. The third kappa shape index (κ3) is 2.76. The highest BCUT2D eigenvalue weighted by atomic mass is 32.2. The lowest BCUT2D eigenvalue weighted by Gasteiger charge is -2.11. The minimum Gasteiger partial charge on any atom is -0.437 e. The predicted molar refractivity (Wildman–Crippen MR) is 85.6 cm³/mol. The number of hydrogen-bond donors (Lipinski definition) is 2. The van der Waals surface area contributed by atoms with Crippen molar-refractivity contribution in [3.63, 3.8) is 0 Å². The number of rotatable bonds is 4. The minimum absolute atomic E-state index is 0.324. The molecule has 0 atom stereocenters. The lowest BCUT2D eigenvalue weighted by atomic mass is 10.2. The highest BCUT2D eigenvalue weighted by Crippen LogP contribution is 2.33. The van der Waals surface area contributed by atoms with Crippen LogP contribution in [-0.2, 0) is 0 Å². The molecule has 3 N–H and O–H groups in total. The van der Waals surface area contributed by atoms with Gasteiger partial charge in [0.25, 0.3) is 0 Å². The number of hydrogen-bond acceptors (Lipinski definition) is 6. The number of hydrazine groups is 1. The van der Waals surface area contributed by atoms with Crippen molar-refractivity contribution in [3.05, 3.63) is 48.5 Å². The van der Waals surface area contributed by atoms with Crippen molar-refractivity contribution in [2.24, 2.45) is 5.84 Å².